The molecule has 0 aliphatic rings. The van der Waals surface area contributed by atoms with Gasteiger partial charge in [-0.15, -0.1) is 11.8 Å². The van der Waals surface area contributed by atoms with Gasteiger partial charge in [-0.2, -0.15) is 0 Å². The van der Waals surface area contributed by atoms with Crippen molar-refractivity contribution in [2.24, 2.45) is 0 Å². The number of carbonyl (C=O) groups is 1. The summed E-state index contributed by atoms with van der Waals surface area (Å²) in [5.74, 6) is -0.411. The summed E-state index contributed by atoms with van der Waals surface area (Å²) in [5.41, 5.74) is 1.87. The molecule has 0 bridgehead atoms. The minimum absolute atomic E-state index is 0.139. The monoisotopic (exact) mass is 426 g/mol. The molecule has 0 saturated heterocycles. The molecule has 29 heavy (non-hydrogen) atoms. The number of para-hydroxylation sites is 1. The molecule has 0 aliphatic carbocycles. The zero-order valence-electron chi connectivity index (χ0n) is 16.2. The van der Waals surface area contributed by atoms with Crippen molar-refractivity contribution in [2.75, 3.05) is 22.4 Å². The number of nitrogens with one attached hydrogen (secondary N) is 1. The zero-order chi connectivity index (χ0) is 20.9. The predicted molar refractivity (Wildman–Crippen MR) is 119 cm³/mol. The Morgan fingerprint density at radius 3 is 2.34 bits per heavy atom. The van der Waals surface area contributed by atoms with Gasteiger partial charge in [0.05, 0.1) is 10.6 Å². The summed E-state index contributed by atoms with van der Waals surface area (Å²) in [4.78, 5) is 13.9. The van der Waals surface area contributed by atoms with E-state index in [1.165, 1.54) is 12.1 Å². The van der Waals surface area contributed by atoms with Crippen molar-refractivity contribution in [1.29, 1.82) is 0 Å². The Kier molecular flexibility index (Phi) is 6.61. The predicted octanol–water partition coefficient (Wildman–Crippen LogP) is 4.55. The number of rotatable bonds is 7. The first-order valence-electron chi connectivity index (χ1n) is 8.99. The van der Waals surface area contributed by atoms with E-state index in [0.717, 1.165) is 14.8 Å². The van der Waals surface area contributed by atoms with E-state index in [4.69, 9.17) is 0 Å². The summed E-state index contributed by atoms with van der Waals surface area (Å²) >= 11 is 1.57. The average Bonchev–Trinajstić information content (AvgIpc) is 2.73. The van der Waals surface area contributed by atoms with Crippen molar-refractivity contribution in [3.05, 3.63) is 84.4 Å². The third-order valence-electron chi connectivity index (χ3n) is 4.36. The van der Waals surface area contributed by atoms with Crippen molar-refractivity contribution >= 4 is 39.1 Å². The molecule has 0 radical (unpaired) electrons. The lowest BCUT2D eigenvalue weighted by atomic mass is 10.2. The quantitative estimate of drug-likeness (QED) is 0.563. The van der Waals surface area contributed by atoms with E-state index in [9.17, 15) is 13.2 Å². The van der Waals surface area contributed by atoms with Crippen LogP contribution < -0.4 is 9.62 Å². The first-order valence-corrected chi connectivity index (χ1v) is 11.7. The van der Waals surface area contributed by atoms with Gasteiger partial charge in [0.2, 0.25) is 5.91 Å². The van der Waals surface area contributed by atoms with Crippen molar-refractivity contribution in [2.45, 2.75) is 16.7 Å². The highest BCUT2D eigenvalue weighted by Crippen LogP contribution is 2.27. The minimum Gasteiger partial charge on any atom is -0.324 e. The molecular formula is C22H22N2O3S2. The molecule has 0 unspecified atom stereocenters. The summed E-state index contributed by atoms with van der Waals surface area (Å²) in [7, 11) is -3.91. The zero-order valence-corrected chi connectivity index (χ0v) is 17.8. The van der Waals surface area contributed by atoms with Gasteiger partial charge in [0.15, 0.2) is 0 Å². The minimum atomic E-state index is -3.91. The van der Waals surface area contributed by atoms with E-state index in [0.29, 0.717) is 11.4 Å². The second-order valence-electron chi connectivity index (χ2n) is 6.39. The van der Waals surface area contributed by atoms with Gasteiger partial charge in [0, 0.05) is 10.6 Å². The molecule has 1 amide bonds. The first kappa shape index (κ1) is 21.0. The number of sulfonamides is 1. The van der Waals surface area contributed by atoms with Crippen LogP contribution in [0.5, 0.6) is 0 Å². The smallest absolute Gasteiger partial charge is 0.264 e. The van der Waals surface area contributed by atoms with Gasteiger partial charge in [-0.3, -0.25) is 9.10 Å². The van der Waals surface area contributed by atoms with Gasteiger partial charge >= 0.3 is 0 Å². The molecule has 5 nitrogen and oxygen atoms in total. The number of aryl methyl sites for hydroxylation is 1. The van der Waals surface area contributed by atoms with Crippen LogP contribution in [0, 0.1) is 6.92 Å². The molecule has 0 atom stereocenters. The maximum atomic E-state index is 13.3. The molecule has 0 aromatic heterocycles. The second kappa shape index (κ2) is 9.15. The summed E-state index contributed by atoms with van der Waals surface area (Å²) in [6.07, 6.45) is 1.95. The Balaban J connectivity index is 1.94. The van der Waals surface area contributed by atoms with Gasteiger partial charge < -0.3 is 5.32 Å². The SMILES string of the molecule is CSc1cccc(NC(=O)CN(c2ccccc2C)S(=O)(=O)c2ccccc2)c1. The summed E-state index contributed by atoms with van der Waals surface area (Å²) in [6.45, 7) is 1.49. The van der Waals surface area contributed by atoms with Gasteiger partial charge in [0.25, 0.3) is 10.0 Å². The van der Waals surface area contributed by atoms with Crippen LogP contribution in [-0.2, 0) is 14.8 Å². The lowest BCUT2D eigenvalue weighted by Gasteiger charge is -2.25. The summed E-state index contributed by atoms with van der Waals surface area (Å²) in [6, 6.07) is 22.7. The number of anilines is 2. The van der Waals surface area contributed by atoms with Crippen LogP contribution >= 0.6 is 11.8 Å². The van der Waals surface area contributed by atoms with Gasteiger partial charge in [-0.05, 0) is 55.1 Å². The average molecular weight is 427 g/mol. The highest BCUT2D eigenvalue weighted by molar-refractivity contribution is 7.98. The largest absolute Gasteiger partial charge is 0.324 e. The van der Waals surface area contributed by atoms with Crippen LogP contribution in [0.3, 0.4) is 0 Å². The van der Waals surface area contributed by atoms with Crippen molar-refractivity contribution in [3.8, 4) is 0 Å². The second-order valence-corrected chi connectivity index (χ2v) is 9.13. The van der Waals surface area contributed by atoms with Crippen LogP contribution in [0.2, 0.25) is 0 Å². The maximum absolute atomic E-state index is 13.3. The van der Waals surface area contributed by atoms with E-state index < -0.39 is 15.9 Å². The van der Waals surface area contributed by atoms with E-state index in [2.05, 4.69) is 5.32 Å². The van der Waals surface area contributed by atoms with Crippen molar-refractivity contribution in [1.82, 2.24) is 0 Å². The first-order chi connectivity index (χ1) is 13.9. The lowest BCUT2D eigenvalue weighted by molar-refractivity contribution is -0.114. The number of hydrogen-bond acceptors (Lipinski definition) is 4. The topological polar surface area (TPSA) is 66.5 Å². The fourth-order valence-electron chi connectivity index (χ4n) is 2.89. The molecule has 7 heteroatoms. The van der Waals surface area contributed by atoms with E-state index in [1.54, 1.807) is 48.2 Å². The summed E-state index contributed by atoms with van der Waals surface area (Å²) < 4.78 is 27.8. The van der Waals surface area contributed by atoms with E-state index in [1.807, 2.05) is 43.5 Å². The Labute approximate surface area is 175 Å². The molecule has 1 N–H and O–H groups in total. The van der Waals surface area contributed by atoms with Gasteiger partial charge in [-0.25, -0.2) is 8.42 Å². The maximum Gasteiger partial charge on any atom is 0.264 e. The molecule has 0 spiro atoms. The molecule has 3 aromatic rings. The Bertz CT molecular complexity index is 1100. The van der Waals surface area contributed by atoms with Gasteiger partial charge in [0.1, 0.15) is 6.54 Å². The van der Waals surface area contributed by atoms with Crippen molar-refractivity contribution < 1.29 is 13.2 Å². The molecule has 3 aromatic carbocycles. The van der Waals surface area contributed by atoms with Crippen LogP contribution in [0.25, 0.3) is 0 Å². The van der Waals surface area contributed by atoms with Gasteiger partial charge in [-0.1, -0.05) is 42.5 Å². The molecule has 3 rings (SSSR count). The number of carbonyl (C=O) groups excluding carboxylic acids is 1. The Morgan fingerprint density at radius 2 is 1.66 bits per heavy atom. The Morgan fingerprint density at radius 1 is 0.966 bits per heavy atom. The van der Waals surface area contributed by atoms with Crippen LogP contribution in [0.1, 0.15) is 5.56 Å². The molecule has 0 saturated carbocycles. The third-order valence-corrected chi connectivity index (χ3v) is 6.86. The standard InChI is InChI=1S/C22H22N2O3S2/c1-17-9-6-7-14-21(17)24(29(26,27)20-12-4-3-5-13-20)16-22(25)23-18-10-8-11-19(15-18)28-2/h3-15H,16H2,1-2H3,(H,23,25). The lowest BCUT2D eigenvalue weighted by Crippen LogP contribution is -2.38. The number of benzene rings is 3. The Hall–Kier alpha value is -2.77. The fraction of sp³-hybridized carbons (Fsp3) is 0.136. The number of amides is 1. The summed E-state index contributed by atoms with van der Waals surface area (Å²) in [5, 5.41) is 2.80. The fourth-order valence-corrected chi connectivity index (χ4v) is 4.86. The number of nitrogens with zero attached hydrogens (tertiary/aromatic N) is 1. The van der Waals surface area contributed by atoms with Crippen LogP contribution in [-0.4, -0.2) is 27.1 Å². The van der Waals surface area contributed by atoms with Crippen molar-refractivity contribution in [3.63, 3.8) is 0 Å². The molecule has 0 heterocycles. The highest BCUT2D eigenvalue weighted by atomic mass is 32.2. The number of thioether (sulfide) groups is 1. The molecule has 0 aliphatic heterocycles. The van der Waals surface area contributed by atoms with E-state index >= 15 is 0 Å². The molecule has 150 valence electrons. The molecular weight excluding hydrogens is 404 g/mol. The third kappa shape index (κ3) is 4.99. The highest BCUT2D eigenvalue weighted by Gasteiger charge is 2.28. The van der Waals surface area contributed by atoms with E-state index in [-0.39, 0.29) is 11.4 Å². The molecule has 0 fully saturated rings. The van der Waals surface area contributed by atoms with Crippen LogP contribution in [0.15, 0.2) is 88.7 Å². The number of hydrogen-bond donors (Lipinski definition) is 1. The normalized spacial score (nSPS) is 11.1. The van der Waals surface area contributed by atoms with Crippen LogP contribution in [0.4, 0.5) is 11.4 Å².